The van der Waals surface area contributed by atoms with Crippen molar-refractivity contribution in [3.63, 3.8) is 0 Å². The SMILES string of the molecule is Cc1nc2c(c(=O)n(CCCOC3CCCCO3)c(=O)n2C)n1Cc1ccc(Cl)cc1. The number of ether oxygens (including phenoxy) is 2. The molecule has 0 radical (unpaired) electrons. The van der Waals surface area contributed by atoms with Crippen molar-refractivity contribution in [2.45, 2.75) is 52.0 Å². The monoisotopic (exact) mass is 446 g/mol. The zero-order valence-corrected chi connectivity index (χ0v) is 18.6. The molecule has 1 aromatic carbocycles. The summed E-state index contributed by atoms with van der Waals surface area (Å²) in [6.45, 7) is 3.73. The number of aryl methyl sites for hydroxylation is 2. The summed E-state index contributed by atoms with van der Waals surface area (Å²) in [6.07, 6.45) is 3.41. The van der Waals surface area contributed by atoms with Gasteiger partial charge in [0.1, 0.15) is 5.82 Å². The van der Waals surface area contributed by atoms with Gasteiger partial charge in [-0.05, 0) is 50.3 Å². The topological polar surface area (TPSA) is 80.3 Å². The summed E-state index contributed by atoms with van der Waals surface area (Å²) in [6, 6.07) is 7.46. The van der Waals surface area contributed by atoms with Crippen molar-refractivity contribution in [2.24, 2.45) is 7.05 Å². The molecular weight excluding hydrogens is 420 g/mol. The molecule has 166 valence electrons. The molecule has 0 bridgehead atoms. The standard InChI is InChI=1S/C22H27ClN4O4/c1-15-24-20-19(27(15)14-16-7-9-17(23)10-8-16)21(28)26(22(29)25(20)2)11-5-13-31-18-6-3-4-12-30-18/h7-10,18H,3-6,11-14H2,1-2H3. The highest BCUT2D eigenvalue weighted by atomic mass is 35.5. The Bertz CT molecular complexity index is 1170. The van der Waals surface area contributed by atoms with Crippen LogP contribution < -0.4 is 11.2 Å². The summed E-state index contributed by atoms with van der Waals surface area (Å²) >= 11 is 5.99. The van der Waals surface area contributed by atoms with E-state index in [1.165, 1.54) is 9.13 Å². The Hall–Kier alpha value is -2.42. The Morgan fingerprint density at radius 3 is 2.68 bits per heavy atom. The molecule has 1 unspecified atom stereocenters. The predicted octanol–water partition coefficient (Wildman–Crippen LogP) is 2.84. The van der Waals surface area contributed by atoms with Crippen molar-refractivity contribution >= 4 is 22.8 Å². The molecule has 3 heterocycles. The molecule has 1 fully saturated rings. The lowest BCUT2D eigenvalue weighted by molar-refractivity contribution is -0.163. The summed E-state index contributed by atoms with van der Waals surface area (Å²) in [5.41, 5.74) is 1.10. The van der Waals surface area contributed by atoms with Crippen LogP contribution in [0.25, 0.3) is 11.2 Å². The molecule has 4 rings (SSSR count). The summed E-state index contributed by atoms with van der Waals surface area (Å²) in [5.74, 6) is 0.674. The highest BCUT2D eigenvalue weighted by Gasteiger charge is 2.19. The minimum Gasteiger partial charge on any atom is -0.353 e. The van der Waals surface area contributed by atoms with Crippen LogP contribution in [-0.4, -0.2) is 38.2 Å². The van der Waals surface area contributed by atoms with E-state index >= 15 is 0 Å². The van der Waals surface area contributed by atoms with Gasteiger partial charge in [0.2, 0.25) is 0 Å². The zero-order chi connectivity index (χ0) is 22.0. The maximum absolute atomic E-state index is 13.3. The molecule has 0 N–H and O–H groups in total. The first kappa shape index (κ1) is 21.8. The van der Waals surface area contributed by atoms with Crippen LogP contribution in [-0.2, 0) is 29.6 Å². The third-order valence-corrected chi connectivity index (χ3v) is 5.90. The minimum absolute atomic E-state index is 0.181. The van der Waals surface area contributed by atoms with Crippen molar-refractivity contribution in [1.29, 1.82) is 0 Å². The Labute approximate surface area is 185 Å². The van der Waals surface area contributed by atoms with Crippen LogP contribution in [0.3, 0.4) is 0 Å². The highest BCUT2D eigenvalue weighted by molar-refractivity contribution is 6.30. The zero-order valence-electron chi connectivity index (χ0n) is 17.8. The summed E-state index contributed by atoms with van der Waals surface area (Å²) < 4.78 is 15.9. The van der Waals surface area contributed by atoms with Gasteiger partial charge in [0.15, 0.2) is 17.5 Å². The smallest absolute Gasteiger partial charge is 0.332 e. The van der Waals surface area contributed by atoms with Crippen molar-refractivity contribution in [3.8, 4) is 0 Å². The van der Waals surface area contributed by atoms with E-state index < -0.39 is 0 Å². The molecule has 3 aromatic rings. The first-order chi connectivity index (χ1) is 15.0. The van der Waals surface area contributed by atoms with Crippen LogP contribution in [0.1, 0.15) is 37.1 Å². The summed E-state index contributed by atoms with van der Waals surface area (Å²) in [5, 5.41) is 0.654. The number of benzene rings is 1. The van der Waals surface area contributed by atoms with Crippen LogP contribution in [0, 0.1) is 6.92 Å². The van der Waals surface area contributed by atoms with Gasteiger partial charge in [-0.1, -0.05) is 23.7 Å². The van der Waals surface area contributed by atoms with E-state index in [0.717, 1.165) is 31.4 Å². The molecule has 1 aliphatic rings. The number of rotatable bonds is 7. The van der Waals surface area contributed by atoms with E-state index in [0.29, 0.717) is 41.6 Å². The molecule has 1 aliphatic heterocycles. The maximum Gasteiger partial charge on any atom is 0.332 e. The fourth-order valence-corrected chi connectivity index (χ4v) is 4.05. The molecule has 0 spiro atoms. The van der Waals surface area contributed by atoms with Crippen molar-refractivity contribution in [3.05, 3.63) is 61.5 Å². The number of aromatic nitrogens is 4. The predicted molar refractivity (Wildman–Crippen MR) is 119 cm³/mol. The van der Waals surface area contributed by atoms with Gasteiger partial charge in [-0.2, -0.15) is 0 Å². The minimum atomic E-state index is -0.373. The quantitative estimate of drug-likeness (QED) is 0.521. The molecule has 1 saturated heterocycles. The van der Waals surface area contributed by atoms with Crippen LogP contribution >= 0.6 is 11.6 Å². The van der Waals surface area contributed by atoms with Crippen molar-refractivity contribution in [1.82, 2.24) is 18.7 Å². The van der Waals surface area contributed by atoms with Gasteiger partial charge < -0.3 is 14.0 Å². The molecule has 0 aliphatic carbocycles. The average Bonchev–Trinajstić information content (AvgIpc) is 3.10. The Balaban J connectivity index is 1.59. The first-order valence-electron chi connectivity index (χ1n) is 10.6. The van der Waals surface area contributed by atoms with Crippen LogP contribution in [0.15, 0.2) is 33.9 Å². The van der Waals surface area contributed by atoms with Gasteiger partial charge in [-0.25, -0.2) is 9.78 Å². The van der Waals surface area contributed by atoms with E-state index in [1.807, 2.05) is 35.8 Å². The highest BCUT2D eigenvalue weighted by Crippen LogP contribution is 2.16. The number of imidazole rings is 1. The molecular formula is C22H27ClN4O4. The third kappa shape index (κ3) is 4.61. The van der Waals surface area contributed by atoms with Gasteiger partial charge in [-0.15, -0.1) is 0 Å². The lowest BCUT2D eigenvalue weighted by Crippen LogP contribution is -2.40. The number of fused-ring (bicyclic) bond motifs is 1. The number of halogens is 1. The number of hydrogen-bond acceptors (Lipinski definition) is 5. The lowest BCUT2D eigenvalue weighted by Gasteiger charge is -2.22. The van der Waals surface area contributed by atoms with Crippen molar-refractivity contribution in [2.75, 3.05) is 13.2 Å². The molecule has 1 atom stereocenters. The lowest BCUT2D eigenvalue weighted by atomic mass is 10.2. The fraction of sp³-hybridized carbons (Fsp3) is 0.500. The van der Waals surface area contributed by atoms with Crippen molar-refractivity contribution < 1.29 is 9.47 Å². The number of hydrogen-bond donors (Lipinski definition) is 0. The van der Waals surface area contributed by atoms with Crippen LogP contribution in [0.5, 0.6) is 0 Å². The third-order valence-electron chi connectivity index (χ3n) is 5.64. The van der Waals surface area contributed by atoms with Gasteiger partial charge in [0.25, 0.3) is 5.56 Å². The summed E-state index contributed by atoms with van der Waals surface area (Å²) in [4.78, 5) is 30.6. The average molecular weight is 447 g/mol. The molecule has 8 nitrogen and oxygen atoms in total. The van der Waals surface area contributed by atoms with E-state index in [9.17, 15) is 9.59 Å². The molecule has 9 heteroatoms. The summed E-state index contributed by atoms with van der Waals surface area (Å²) in [7, 11) is 1.64. The van der Waals surface area contributed by atoms with Gasteiger partial charge in [-0.3, -0.25) is 13.9 Å². The van der Waals surface area contributed by atoms with Gasteiger partial charge in [0, 0.05) is 31.8 Å². The fourth-order valence-electron chi connectivity index (χ4n) is 3.92. The second-order valence-corrected chi connectivity index (χ2v) is 8.30. The Kier molecular flexibility index (Phi) is 6.60. The first-order valence-corrected chi connectivity index (χ1v) is 11.0. The van der Waals surface area contributed by atoms with E-state index in [-0.39, 0.29) is 24.1 Å². The molecule has 0 amide bonds. The molecule has 2 aromatic heterocycles. The second-order valence-electron chi connectivity index (χ2n) is 7.86. The van der Waals surface area contributed by atoms with E-state index in [2.05, 4.69) is 4.98 Å². The second kappa shape index (κ2) is 9.38. The Morgan fingerprint density at radius 2 is 1.97 bits per heavy atom. The molecule has 0 saturated carbocycles. The largest absolute Gasteiger partial charge is 0.353 e. The molecule has 31 heavy (non-hydrogen) atoms. The van der Waals surface area contributed by atoms with E-state index in [4.69, 9.17) is 21.1 Å². The van der Waals surface area contributed by atoms with Gasteiger partial charge in [0.05, 0.1) is 6.61 Å². The normalized spacial score (nSPS) is 16.8. The van der Waals surface area contributed by atoms with E-state index in [1.54, 1.807) is 7.05 Å². The van der Waals surface area contributed by atoms with Crippen LogP contribution in [0.4, 0.5) is 0 Å². The van der Waals surface area contributed by atoms with Crippen LogP contribution in [0.2, 0.25) is 5.02 Å². The Morgan fingerprint density at radius 1 is 1.19 bits per heavy atom. The van der Waals surface area contributed by atoms with Gasteiger partial charge >= 0.3 is 5.69 Å². The maximum atomic E-state index is 13.3. The number of nitrogens with zero attached hydrogens (tertiary/aromatic N) is 4.